The highest BCUT2D eigenvalue weighted by Crippen LogP contribution is 2.15. The van der Waals surface area contributed by atoms with Gasteiger partial charge in [0.25, 0.3) is 0 Å². The monoisotopic (exact) mass is 283 g/mol. The number of nitrogens with one attached hydrogen (secondary N) is 1. The molecule has 1 unspecified atom stereocenters. The lowest BCUT2D eigenvalue weighted by molar-refractivity contribution is 0.158. The first kappa shape index (κ1) is 17.0. The molecule has 1 heterocycles. The van der Waals surface area contributed by atoms with Gasteiger partial charge in [-0.15, -0.1) is 0 Å². The second-order valence-corrected chi connectivity index (χ2v) is 4.99. The Morgan fingerprint density at radius 2 is 2.20 bits per heavy atom. The summed E-state index contributed by atoms with van der Waals surface area (Å²) in [6, 6.07) is 3.40. The number of halogens is 1. The molecule has 0 amide bonds. The fourth-order valence-electron chi connectivity index (χ4n) is 1.97. The number of aromatic nitrogens is 1. The molecule has 0 aliphatic heterocycles. The van der Waals surface area contributed by atoms with Crippen LogP contribution in [0.4, 0.5) is 4.39 Å². The van der Waals surface area contributed by atoms with Gasteiger partial charge in [0.2, 0.25) is 0 Å². The number of pyridine rings is 1. The van der Waals surface area contributed by atoms with Crippen molar-refractivity contribution in [3.63, 3.8) is 0 Å². The summed E-state index contributed by atoms with van der Waals surface area (Å²) in [5.41, 5.74) is 0.903. The van der Waals surface area contributed by atoms with Crippen molar-refractivity contribution in [3.8, 4) is 0 Å². The smallest absolute Gasteiger partial charge is 0.141 e. The zero-order chi connectivity index (χ0) is 14.8. The summed E-state index contributed by atoms with van der Waals surface area (Å²) in [5.74, 6) is -0.291. The predicted molar refractivity (Wildman–Crippen MR) is 79.2 cm³/mol. The maximum absolute atomic E-state index is 13.0. The van der Waals surface area contributed by atoms with Crippen LogP contribution in [-0.4, -0.2) is 50.3 Å². The van der Waals surface area contributed by atoms with E-state index in [-0.39, 0.29) is 11.9 Å². The molecule has 0 aliphatic rings. The minimum absolute atomic E-state index is 0.167. The number of likely N-dealkylation sites (N-methyl/N-ethyl adjacent to an activating group) is 1. The molecule has 0 saturated carbocycles. The molecule has 0 aliphatic carbocycles. The predicted octanol–water partition coefficient (Wildman–Crippen LogP) is 2.23. The fourth-order valence-corrected chi connectivity index (χ4v) is 1.97. The molecule has 5 heteroatoms. The molecule has 0 radical (unpaired) electrons. The number of nitrogens with zero attached hydrogens (tertiary/aromatic N) is 2. The second-order valence-electron chi connectivity index (χ2n) is 4.99. The molecule has 1 rings (SSSR count). The zero-order valence-corrected chi connectivity index (χ0v) is 12.7. The quantitative estimate of drug-likeness (QED) is 0.714. The summed E-state index contributed by atoms with van der Waals surface area (Å²) in [6.45, 7) is 5.66. The Balaban J connectivity index is 2.53. The summed E-state index contributed by atoms with van der Waals surface area (Å²) < 4.78 is 18.0. The highest BCUT2D eigenvalue weighted by atomic mass is 19.1. The normalized spacial score (nSPS) is 12.8. The van der Waals surface area contributed by atoms with Gasteiger partial charge in [-0.05, 0) is 45.1 Å². The van der Waals surface area contributed by atoms with Crippen LogP contribution >= 0.6 is 0 Å². The number of hydrogen-bond donors (Lipinski definition) is 1. The highest BCUT2D eigenvalue weighted by molar-refractivity contribution is 5.10. The lowest BCUT2D eigenvalue weighted by Gasteiger charge is -2.22. The van der Waals surface area contributed by atoms with E-state index in [9.17, 15) is 4.39 Å². The van der Waals surface area contributed by atoms with Gasteiger partial charge >= 0.3 is 0 Å². The lowest BCUT2D eigenvalue weighted by atomic mass is 10.1. The molecule has 0 fully saturated rings. The molecular formula is C15H26FN3O. The van der Waals surface area contributed by atoms with Crippen LogP contribution in [0, 0.1) is 5.82 Å². The Morgan fingerprint density at radius 1 is 1.40 bits per heavy atom. The molecule has 1 N–H and O–H groups in total. The maximum atomic E-state index is 13.0. The van der Waals surface area contributed by atoms with E-state index in [2.05, 4.69) is 29.2 Å². The van der Waals surface area contributed by atoms with Gasteiger partial charge in [-0.2, -0.15) is 0 Å². The Bertz CT molecular complexity index is 359. The Kier molecular flexibility index (Phi) is 8.34. The Morgan fingerprint density at radius 3 is 2.80 bits per heavy atom. The van der Waals surface area contributed by atoms with E-state index >= 15 is 0 Å². The van der Waals surface area contributed by atoms with E-state index in [1.807, 2.05) is 0 Å². The Labute approximate surface area is 121 Å². The Hall–Kier alpha value is -1.04. The summed E-state index contributed by atoms with van der Waals surface area (Å²) in [5, 5.41) is 3.47. The van der Waals surface area contributed by atoms with Gasteiger partial charge in [0.15, 0.2) is 0 Å². The van der Waals surface area contributed by atoms with E-state index in [4.69, 9.17) is 4.74 Å². The topological polar surface area (TPSA) is 37.4 Å². The van der Waals surface area contributed by atoms with Crippen LogP contribution in [0.1, 0.15) is 31.5 Å². The van der Waals surface area contributed by atoms with Crippen molar-refractivity contribution in [2.45, 2.75) is 25.8 Å². The van der Waals surface area contributed by atoms with Gasteiger partial charge in [0.05, 0.1) is 24.5 Å². The number of methoxy groups -OCH3 is 1. The summed E-state index contributed by atoms with van der Waals surface area (Å²) in [7, 11) is 3.79. The third-order valence-electron chi connectivity index (χ3n) is 3.22. The minimum atomic E-state index is -0.291. The first-order valence-corrected chi connectivity index (χ1v) is 7.19. The van der Waals surface area contributed by atoms with Crippen LogP contribution in [0.3, 0.4) is 0 Å². The molecule has 114 valence electrons. The molecule has 1 atom stereocenters. The molecule has 1 aromatic heterocycles. The maximum Gasteiger partial charge on any atom is 0.141 e. The van der Waals surface area contributed by atoms with Crippen LogP contribution in [-0.2, 0) is 4.74 Å². The van der Waals surface area contributed by atoms with Gasteiger partial charge in [-0.3, -0.25) is 4.98 Å². The van der Waals surface area contributed by atoms with Crippen LogP contribution in [0.2, 0.25) is 0 Å². The van der Waals surface area contributed by atoms with Crippen LogP contribution in [0.15, 0.2) is 18.3 Å². The van der Waals surface area contributed by atoms with Crippen LogP contribution in [0.5, 0.6) is 0 Å². The van der Waals surface area contributed by atoms with Crippen molar-refractivity contribution in [1.82, 2.24) is 15.2 Å². The summed E-state index contributed by atoms with van der Waals surface area (Å²) >= 11 is 0. The largest absolute Gasteiger partial charge is 0.383 e. The zero-order valence-electron chi connectivity index (χ0n) is 12.7. The molecule has 4 nitrogen and oxygen atoms in total. The van der Waals surface area contributed by atoms with E-state index in [1.165, 1.54) is 12.3 Å². The molecule has 0 saturated heterocycles. The van der Waals surface area contributed by atoms with Crippen molar-refractivity contribution < 1.29 is 9.13 Å². The lowest BCUT2D eigenvalue weighted by Crippen LogP contribution is -2.30. The molecule has 0 aromatic carbocycles. The van der Waals surface area contributed by atoms with Crippen LogP contribution in [0.25, 0.3) is 0 Å². The third-order valence-corrected chi connectivity index (χ3v) is 3.22. The molecular weight excluding hydrogens is 257 g/mol. The van der Waals surface area contributed by atoms with Crippen molar-refractivity contribution >= 4 is 0 Å². The molecule has 0 bridgehead atoms. The number of hydrogen-bond acceptors (Lipinski definition) is 4. The fraction of sp³-hybridized carbons (Fsp3) is 0.667. The number of rotatable bonds is 10. The first-order valence-electron chi connectivity index (χ1n) is 7.19. The molecule has 1 aromatic rings. The standard InChI is InChI=1S/C15H26FN3O/c1-4-8-17-15(7-9-19(2)10-11-20-3)14-6-5-13(16)12-18-14/h5-6,12,15,17H,4,7-11H2,1-3H3. The van der Waals surface area contributed by atoms with Gasteiger partial charge in [-0.1, -0.05) is 6.92 Å². The summed E-state index contributed by atoms with van der Waals surface area (Å²) in [4.78, 5) is 6.42. The van der Waals surface area contributed by atoms with E-state index in [0.29, 0.717) is 0 Å². The van der Waals surface area contributed by atoms with E-state index in [0.717, 1.165) is 44.8 Å². The van der Waals surface area contributed by atoms with E-state index in [1.54, 1.807) is 13.2 Å². The van der Waals surface area contributed by atoms with Crippen molar-refractivity contribution in [2.75, 3.05) is 40.4 Å². The van der Waals surface area contributed by atoms with Crippen molar-refractivity contribution in [1.29, 1.82) is 0 Å². The molecule has 20 heavy (non-hydrogen) atoms. The highest BCUT2D eigenvalue weighted by Gasteiger charge is 2.13. The van der Waals surface area contributed by atoms with Crippen molar-refractivity contribution in [2.24, 2.45) is 0 Å². The van der Waals surface area contributed by atoms with E-state index < -0.39 is 0 Å². The average molecular weight is 283 g/mol. The second kappa shape index (κ2) is 9.80. The van der Waals surface area contributed by atoms with Gasteiger partial charge in [0, 0.05) is 13.7 Å². The minimum Gasteiger partial charge on any atom is -0.383 e. The van der Waals surface area contributed by atoms with Gasteiger partial charge < -0.3 is 15.0 Å². The van der Waals surface area contributed by atoms with Crippen molar-refractivity contribution in [3.05, 3.63) is 29.8 Å². The number of ether oxygens (including phenoxy) is 1. The third kappa shape index (κ3) is 6.41. The summed E-state index contributed by atoms with van der Waals surface area (Å²) in [6.07, 6.45) is 3.29. The van der Waals surface area contributed by atoms with Crippen LogP contribution < -0.4 is 5.32 Å². The van der Waals surface area contributed by atoms with Gasteiger partial charge in [0.1, 0.15) is 5.82 Å². The first-order chi connectivity index (χ1) is 9.67. The average Bonchev–Trinajstić information content (AvgIpc) is 2.46. The molecule has 0 spiro atoms. The SMILES string of the molecule is CCCNC(CCN(C)CCOC)c1ccc(F)cn1. The van der Waals surface area contributed by atoms with Gasteiger partial charge in [-0.25, -0.2) is 4.39 Å².